The van der Waals surface area contributed by atoms with E-state index < -0.39 is 0 Å². The third kappa shape index (κ3) is 3.69. The summed E-state index contributed by atoms with van der Waals surface area (Å²) in [6.07, 6.45) is 1.53. The summed E-state index contributed by atoms with van der Waals surface area (Å²) >= 11 is 5.90. The van der Waals surface area contributed by atoms with Gasteiger partial charge in [0.1, 0.15) is 11.6 Å². The molecule has 8 heteroatoms. The van der Waals surface area contributed by atoms with Crippen molar-refractivity contribution in [2.75, 3.05) is 10.6 Å². The molecule has 0 saturated carbocycles. The minimum absolute atomic E-state index is 0.230. The fourth-order valence-corrected chi connectivity index (χ4v) is 2.11. The Hall–Kier alpha value is -3.37. The van der Waals surface area contributed by atoms with Crippen molar-refractivity contribution >= 4 is 34.2 Å². The highest BCUT2D eigenvalue weighted by molar-refractivity contribution is 6.30. The van der Waals surface area contributed by atoms with Crippen LogP contribution in [-0.2, 0) is 0 Å². The van der Waals surface area contributed by atoms with Gasteiger partial charge in [-0.1, -0.05) is 23.7 Å². The van der Waals surface area contributed by atoms with Crippen LogP contribution in [0.2, 0.25) is 5.02 Å². The molecule has 0 aliphatic rings. The number of allylic oxidation sites excluding steroid dienone is 1. The van der Waals surface area contributed by atoms with Crippen LogP contribution < -0.4 is 10.6 Å². The molecule has 1 aromatic heterocycles. The van der Waals surface area contributed by atoms with E-state index in [2.05, 4.69) is 31.3 Å². The van der Waals surface area contributed by atoms with Crippen molar-refractivity contribution in [2.45, 2.75) is 0 Å². The molecule has 7 nitrogen and oxygen atoms in total. The van der Waals surface area contributed by atoms with Gasteiger partial charge in [0.25, 0.3) is 0 Å². The molecule has 0 spiro atoms. The molecule has 0 aliphatic heterocycles. The Balaban J connectivity index is 1.82. The highest BCUT2D eigenvalue weighted by Crippen LogP contribution is 2.26. The molecule has 0 unspecified atom stereocenters. The summed E-state index contributed by atoms with van der Waals surface area (Å²) in [6, 6.07) is 17.0. The summed E-state index contributed by atoms with van der Waals surface area (Å²) in [6.45, 7) is 0. The Bertz CT molecular complexity index is 880. The number of tetrazole rings is 1. The average Bonchev–Trinajstić information content (AvgIpc) is 3.13. The molecule has 0 aliphatic carbocycles. The van der Waals surface area contributed by atoms with Crippen molar-refractivity contribution in [3.8, 4) is 6.07 Å². The van der Waals surface area contributed by atoms with E-state index in [1.54, 1.807) is 0 Å². The first-order valence-corrected chi connectivity index (χ1v) is 7.36. The molecule has 3 rings (SSSR count). The van der Waals surface area contributed by atoms with Gasteiger partial charge in [0.05, 0.1) is 11.4 Å². The lowest BCUT2D eigenvalue weighted by atomic mass is 10.2. The topological polar surface area (TPSA) is 102 Å². The summed E-state index contributed by atoms with van der Waals surface area (Å²) in [5.41, 5.74) is 2.81. The third-order valence-corrected chi connectivity index (χ3v) is 3.38. The molecule has 118 valence electrons. The smallest absolute Gasteiger partial charge is 0.216 e. The number of aromatic amines is 1. The van der Waals surface area contributed by atoms with Gasteiger partial charge >= 0.3 is 0 Å². The SMILES string of the molecule is N#CC(=CNc1ccccc1Nc1ccc(Cl)cc1)c1nn[nH]n1. The van der Waals surface area contributed by atoms with Gasteiger partial charge in [-0.3, -0.25) is 0 Å². The molecule has 0 radical (unpaired) electrons. The molecule has 1 heterocycles. The van der Waals surface area contributed by atoms with E-state index in [9.17, 15) is 5.26 Å². The number of nitriles is 1. The maximum Gasteiger partial charge on any atom is 0.216 e. The van der Waals surface area contributed by atoms with Crippen LogP contribution in [0.3, 0.4) is 0 Å². The highest BCUT2D eigenvalue weighted by atomic mass is 35.5. The number of halogens is 1. The number of nitrogens with zero attached hydrogens (tertiary/aromatic N) is 4. The predicted molar refractivity (Wildman–Crippen MR) is 92.6 cm³/mol. The quantitative estimate of drug-likeness (QED) is 0.615. The summed E-state index contributed by atoms with van der Waals surface area (Å²) in [4.78, 5) is 0. The molecular weight excluding hydrogens is 326 g/mol. The van der Waals surface area contributed by atoms with Gasteiger partial charge in [0.15, 0.2) is 0 Å². The molecule has 3 aromatic rings. The van der Waals surface area contributed by atoms with Gasteiger partial charge in [-0.15, -0.1) is 10.2 Å². The number of anilines is 3. The molecule has 0 fully saturated rings. The minimum Gasteiger partial charge on any atom is -0.359 e. The number of aromatic nitrogens is 4. The van der Waals surface area contributed by atoms with Crippen molar-refractivity contribution in [2.24, 2.45) is 0 Å². The van der Waals surface area contributed by atoms with Crippen molar-refractivity contribution in [3.05, 3.63) is 65.6 Å². The molecule has 0 saturated heterocycles. The van der Waals surface area contributed by atoms with Crippen LogP contribution in [0, 0.1) is 11.3 Å². The first-order chi connectivity index (χ1) is 11.8. The Morgan fingerprint density at radius 3 is 2.54 bits per heavy atom. The summed E-state index contributed by atoms with van der Waals surface area (Å²) in [7, 11) is 0. The Morgan fingerprint density at radius 1 is 1.12 bits per heavy atom. The van der Waals surface area contributed by atoms with Gasteiger partial charge in [0, 0.05) is 16.9 Å². The van der Waals surface area contributed by atoms with E-state index in [0.29, 0.717) is 5.02 Å². The van der Waals surface area contributed by atoms with Gasteiger partial charge in [-0.2, -0.15) is 10.5 Å². The van der Waals surface area contributed by atoms with E-state index >= 15 is 0 Å². The average molecular weight is 338 g/mol. The normalized spacial score (nSPS) is 10.9. The molecule has 24 heavy (non-hydrogen) atoms. The lowest BCUT2D eigenvalue weighted by Crippen LogP contribution is -1.98. The number of rotatable bonds is 5. The minimum atomic E-state index is 0.230. The van der Waals surface area contributed by atoms with Crippen LogP contribution in [0.25, 0.3) is 5.57 Å². The second kappa shape index (κ2) is 7.26. The lowest BCUT2D eigenvalue weighted by molar-refractivity contribution is 0.881. The summed E-state index contributed by atoms with van der Waals surface area (Å²) in [5.74, 6) is 0.230. The van der Waals surface area contributed by atoms with Crippen LogP contribution in [0.4, 0.5) is 17.1 Å². The van der Waals surface area contributed by atoms with Gasteiger partial charge in [-0.25, -0.2) is 0 Å². The van der Waals surface area contributed by atoms with E-state index in [1.165, 1.54) is 6.20 Å². The van der Waals surface area contributed by atoms with Crippen molar-refractivity contribution < 1.29 is 0 Å². The number of hydrogen-bond donors (Lipinski definition) is 3. The highest BCUT2D eigenvalue weighted by Gasteiger charge is 2.06. The molecule has 0 bridgehead atoms. The predicted octanol–water partition coefficient (Wildman–Crippen LogP) is 3.57. The zero-order valence-corrected chi connectivity index (χ0v) is 13.1. The molecule has 0 amide bonds. The molecular formula is C16H12ClN7. The fraction of sp³-hybridized carbons (Fsp3) is 0. The number of nitrogens with one attached hydrogen (secondary N) is 3. The monoisotopic (exact) mass is 337 g/mol. The Kier molecular flexibility index (Phi) is 4.70. The summed E-state index contributed by atoms with van der Waals surface area (Å²) < 4.78 is 0. The van der Waals surface area contributed by atoms with Gasteiger partial charge in [0.2, 0.25) is 5.82 Å². The zero-order valence-electron chi connectivity index (χ0n) is 12.4. The van der Waals surface area contributed by atoms with Crippen LogP contribution >= 0.6 is 11.6 Å². The summed E-state index contributed by atoms with van der Waals surface area (Å²) in [5, 5.41) is 29.6. The van der Waals surface area contributed by atoms with Gasteiger partial charge in [-0.05, 0) is 41.6 Å². The van der Waals surface area contributed by atoms with Gasteiger partial charge < -0.3 is 10.6 Å². The Labute approximate surface area is 143 Å². The van der Waals surface area contributed by atoms with Crippen molar-refractivity contribution in [3.63, 3.8) is 0 Å². The van der Waals surface area contributed by atoms with Crippen LogP contribution in [0.15, 0.2) is 54.7 Å². The third-order valence-electron chi connectivity index (χ3n) is 3.13. The largest absolute Gasteiger partial charge is 0.359 e. The van der Waals surface area contributed by atoms with Crippen molar-refractivity contribution in [1.29, 1.82) is 5.26 Å². The molecule has 2 aromatic carbocycles. The first kappa shape index (κ1) is 15.5. The van der Waals surface area contributed by atoms with E-state index in [0.717, 1.165) is 17.1 Å². The van der Waals surface area contributed by atoms with E-state index in [-0.39, 0.29) is 11.4 Å². The standard InChI is InChI=1S/C16H12ClN7/c17-12-5-7-13(8-6-12)20-15-4-2-1-3-14(15)19-10-11(9-18)16-21-23-24-22-16/h1-8,10,19-20H,(H,21,22,23,24). The fourth-order valence-electron chi connectivity index (χ4n) is 1.98. The second-order valence-corrected chi connectivity index (χ2v) is 5.16. The number of H-pyrrole nitrogens is 1. The molecule has 0 atom stereocenters. The van der Waals surface area contributed by atoms with E-state index in [4.69, 9.17) is 11.6 Å². The van der Waals surface area contributed by atoms with Crippen LogP contribution in [0.5, 0.6) is 0 Å². The number of hydrogen-bond acceptors (Lipinski definition) is 6. The number of para-hydroxylation sites is 2. The lowest BCUT2D eigenvalue weighted by Gasteiger charge is -2.12. The Morgan fingerprint density at radius 2 is 1.88 bits per heavy atom. The van der Waals surface area contributed by atoms with Crippen LogP contribution in [-0.4, -0.2) is 20.6 Å². The zero-order chi connectivity index (χ0) is 16.8. The van der Waals surface area contributed by atoms with Crippen LogP contribution in [0.1, 0.15) is 5.82 Å². The van der Waals surface area contributed by atoms with E-state index in [1.807, 2.05) is 54.6 Å². The molecule has 3 N–H and O–H groups in total. The number of benzene rings is 2. The second-order valence-electron chi connectivity index (χ2n) is 4.73. The van der Waals surface area contributed by atoms with Crippen molar-refractivity contribution in [1.82, 2.24) is 20.6 Å². The maximum absolute atomic E-state index is 9.20. The maximum atomic E-state index is 9.20. The first-order valence-electron chi connectivity index (χ1n) is 6.98.